The summed E-state index contributed by atoms with van der Waals surface area (Å²) in [5.74, 6) is 2.09. The van der Waals surface area contributed by atoms with E-state index in [9.17, 15) is 4.79 Å². The number of para-hydroxylation sites is 1. The van der Waals surface area contributed by atoms with Crippen molar-refractivity contribution in [3.8, 4) is 5.75 Å². The van der Waals surface area contributed by atoms with Crippen LogP contribution < -0.4 is 4.74 Å². The molecule has 4 rings (SSSR count). The standard InChI is InChI=1S/C25H38N2O3/c1-29-19-24(28)27-14-12-25(13-15-27)11-5-4-7-22-6-2-3-8-23(22)30-17-16-26(20-25)18-21-9-10-21/h2-3,6,8,21H,4-5,7,9-20H2,1H3. The predicted molar refractivity (Wildman–Crippen MR) is 119 cm³/mol. The fraction of sp³-hybridized carbons (Fsp3) is 0.720. The number of aryl methyl sites for hydroxylation is 1. The van der Waals surface area contributed by atoms with E-state index in [0.717, 1.165) is 63.7 Å². The maximum atomic E-state index is 12.3. The molecule has 3 aliphatic rings. The number of fused-ring (bicyclic) bond motifs is 1. The first-order valence-corrected chi connectivity index (χ1v) is 11.9. The van der Waals surface area contributed by atoms with Gasteiger partial charge in [0, 0.05) is 39.8 Å². The van der Waals surface area contributed by atoms with Crippen molar-refractivity contribution in [3.05, 3.63) is 29.8 Å². The maximum absolute atomic E-state index is 12.3. The van der Waals surface area contributed by atoms with Gasteiger partial charge in [-0.25, -0.2) is 0 Å². The van der Waals surface area contributed by atoms with Gasteiger partial charge in [-0.1, -0.05) is 24.6 Å². The summed E-state index contributed by atoms with van der Waals surface area (Å²) in [6, 6.07) is 8.56. The highest BCUT2D eigenvalue weighted by Crippen LogP contribution is 2.39. The lowest BCUT2D eigenvalue weighted by molar-refractivity contribution is -0.137. The largest absolute Gasteiger partial charge is 0.492 e. The number of piperidine rings is 1. The summed E-state index contributed by atoms with van der Waals surface area (Å²) < 4.78 is 11.3. The fourth-order valence-electron chi connectivity index (χ4n) is 5.26. The third kappa shape index (κ3) is 5.76. The van der Waals surface area contributed by atoms with Crippen LogP contribution in [0.15, 0.2) is 24.3 Å². The van der Waals surface area contributed by atoms with Crippen molar-refractivity contribution in [1.82, 2.24) is 9.80 Å². The van der Waals surface area contributed by atoms with Crippen molar-refractivity contribution >= 4 is 5.91 Å². The molecule has 0 N–H and O–H groups in total. The number of ether oxygens (including phenoxy) is 2. The van der Waals surface area contributed by atoms with Crippen LogP contribution >= 0.6 is 0 Å². The zero-order chi connectivity index (χ0) is 20.8. The molecule has 0 atom stereocenters. The van der Waals surface area contributed by atoms with Crippen molar-refractivity contribution in [1.29, 1.82) is 0 Å². The second kappa shape index (κ2) is 10.1. The second-order valence-corrected chi connectivity index (χ2v) is 9.66. The minimum absolute atomic E-state index is 0.139. The van der Waals surface area contributed by atoms with Crippen LogP contribution in [0.5, 0.6) is 5.75 Å². The molecule has 2 heterocycles. The summed E-state index contributed by atoms with van der Waals surface area (Å²) in [7, 11) is 1.60. The number of nitrogens with zero attached hydrogens (tertiary/aromatic N) is 2. The van der Waals surface area contributed by atoms with Gasteiger partial charge in [0.1, 0.15) is 19.0 Å². The zero-order valence-corrected chi connectivity index (χ0v) is 18.6. The lowest BCUT2D eigenvalue weighted by Crippen LogP contribution is -2.49. The number of hydrogen-bond acceptors (Lipinski definition) is 4. The zero-order valence-electron chi connectivity index (χ0n) is 18.6. The molecule has 1 aliphatic carbocycles. The van der Waals surface area contributed by atoms with Crippen LogP contribution in [0.2, 0.25) is 0 Å². The highest BCUT2D eigenvalue weighted by molar-refractivity contribution is 5.77. The average Bonchev–Trinajstić information content (AvgIpc) is 3.56. The molecule has 5 nitrogen and oxygen atoms in total. The number of carbonyl (C=O) groups excluding carboxylic acids is 1. The van der Waals surface area contributed by atoms with Crippen molar-refractivity contribution in [2.24, 2.45) is 11.3 Å². The van der Waals surface area contributed by atoms with Gasteiger partial charge in [-0.3, -0.25) is 9.69 Å². The number of carbonyl (C=O) groups is 1. The summed E-state index contributed by atoms with van der Waals surface area (Å²) in [4.78, 5) is 17.0. The number of methoxy groups -OCH3 is 1. The number of hydrogen-bond donors (Lipinski definition) is 0. The van der Waals surface area contributed by atoms with Crippen LogP contribution in [0.4, 0.5) is 0 Å². The molecule has 1 saturated heterocycles. The molecule has 30 heavy (non-hydrogen) atoms. The van der Waals surface area contributed by atoms with Crippen LogP contribution in [-0.4, -0.2) is 68.8 Å². The van der Waals surface area contributed by atoms with E-state index in [2.05, 4.69) is 29.2 Å². The smallest absolute Gasteiger partial charge is 0.248 e. The van der Waals surface area contributed by atoms with Gasteiger partial charge in [-0.05, 0) is 67.9 Å². The van der Waals surface area contributed by atoms with Crippen molar-refractivity contribution in [3.63, 3.8) is 0 Å². The van der Waals surface area contributed by atoms with Crippen molar-refractivity contribution in [2.45, 2.75) is 51.4 Å². The molecule has 1 spiro atoms. The van der Waals surface area contributed by atoms with E-state index in [-0.39, 0.29) is 12.5 Å². The van der Waals surface area contributed by atoms with Crippen LogP contribution in [-0.2, 0) is 16.0 Å². The molecule has 5 heteroatoms. The highest BCUT2D eigenvalue weighted by Gasteiger charge is 2.38. The van der Waals surface area contributed by atoms with E-state index in [4.69, 9.17) is 9.47 Å². The molecule has 0 aromatic heterocycles. The SMILES string of the molecule is COCC(=O)N1CCC2(CCCCc3ccccc3OCCN(CC3CC3)C2)CC1. The molecule has 2 aliphatic heterocycles. The Balaban J connectivity index is 1.45. The Bertz CT molecular complexity index is 695. The molecule has 1 aromatic rings. The van der Waals surface area contributed by atoms with Gasteiger partial charge >= 0.3 is 0 Å². The van der Waals surface area contributed by atoms with Gasteiger partial charge in [-0.15, -0.1) is 0 Å². The molecule has 1 aromatic carbocycles. The Hall–Kier alpha value is -1.59. The summed E-state index contributed by atoms with van der Waals surface area (Å²) in [5.41, 5.74) is 1.68. The molecule has 2 fully saturated rings. The molecule has 1 saturated carbocycles. The van der Waals surface area contributed by atoms with E-state index in [1.807, 2.05) is 4.90 Å². The van der Waals surface area contributed by atoms with E-state index in [1.54, 1.807) is 7.11 Å². The average molecular weight is 415 g/mol. The van der Waals surface area contributed by atoms with Gasteiger partial charge in [0.2, 0.25) is 5.91 Å². The lowest BCUT2D eigenvalue weighted by atomic mass is 9.73. The number of amides is 1. The molecule has 166 valence electrons. The van der Waals surface area contributed by atoms with Gasteiger partial charge in [0.25, 0.3) is 0 Å². The Labute approximate surface area is 181 Å². The molecule has 0 radical (unpaired) electrons. The van der Waals surface area contributed by atoms with Crippen LogP contribution in [0.1, 0.15) is 50.5 Å². The van der Waals surface area contributed by atoms with Crippen LogP contribution in [0, 0.1) is 11.3 Å². The van der Waals surface area contributed by atoms with Gasteiger partial charge in [-0.2, -0.15) is 0 Å². The minimum atomic E-state index is 0.139. The number of likely N-dealkylation sites (tertiary alicyclic amines) is 1. The van der Waals surface area contributed by atoms with Gasteiger partial charge in [0.15, 0.2) is 0 Å². The third-order valence-corrected chi connectivity index (χ3v) is 7.26. The second-order valence-electron chi connectivity index (χ2n) is 9.66. The molecular formula is C25H38N2O3. The Morgan fingerprint density at radius 1 is 1.13 bits per heavy atom. The first kappa shape index (κ1) is 21.6. The molecule has 0 bridgehead atoms. The van der Waals surface area contributed by atoms with E-state index < -0.39 is 0 Å². The molecule has 0 unspecified atom stereocenters. The lowest BCUT2D eigenvalue weighted by Gasteiger charge is -2.45. The predicted octanol–water partition coefficient (Wildman–Crippen LogP) is 3.76. The monoisotopic (exact) mass is 414 g/mol. The number of benzene rings is 1. The Morgan fingerprint density at radius 3 is 2.70 bits per heavy atom. The van der Waals surface area contributed by atoms with Crippen molar-refractivity contribution in [2.75, 3.05) is 53.0 Å². The Morgan fingerprint density at radius 2 is 1.93 bits per heavy atom. The van der Waals surface area contributed by atoms with E-state index >= 15 is 0 Å². The first-order chi connectivity index (χ1) is 14.7. The van der Waals surface area contributed by atoms with E-state index in [1.165, 1.54) is 44.2 Å². The summed E-state index contributed by atoms with van der Waals surface area (Å²) in [5, 5.41) is 0. The van der Waals surface area contributed by atoms with Crippen molar-refractivity contribution < 1.29 is 14.3 Å². The van der Waals surface area contributed by atoms with E-state index in [0.29, 0.717) is 5.41 Å². The quantitative estimate of drug-likeness (QED) is 0.752. The topological polar surface area (TPSA) is 42.0 Å². The van der Waals surface area contributed by atoms with Crippen LogP contribution in [0.25, 0.3) is 0 Å². The summed E-state index contributed by atoms with van der Waals surface area (Å²) in [6.07, 6.45) is 9.80. The normalized spacial score (nSPS) is 23.2. The maximum Gasteiger partial charge on any atom is 0.248 e. The summed E-state index contributed by atoms with van der Waals surface area (Å²) >= 11 is 0. The summed E-state index contributed by atoms with van der Waals surface area (Å²) in [6.45, 7) is 6.08. The number of rotatable bonds is 4. The van der Waals surface area contributed by atoms with Gasteiger partial charge in [0.05, 0.1) is 0 Å². The first-order valence-electron chi connectivity index (χ1n) is 11.9. The molecular weight excluding hydrogens is 376 g/mol. The highest BCUT2D eigenvalue weighted by atomic mass is 16.5. The minimum Gasteiger partial charge on any atom is -0.492 e. The Kier molecular flexibility index (Phi) is 7.32. The fourth-order valence-corrected chi connectivity index (χ4v) is 5.26. The van der Waals surface area contributed by atoms with Crippen LogP contribution in [0.3, 0.4) is 0 Å². The van der Waals surface area contributed by atoms with Gasteiger partial charge < -0.3 is 14.4 Å². The third-order valence-electron chi connectivity index (χ3n) is 7.26. The molecule has 1 amide bonds.